The second-order valence-corrected chi connectivity index (χ2v) is 3.97. The minimum Gasteiger partial charge on any atom is -0.478 e. The smallest absolute Gasteiger partial charge is 0.331 e. The highest BCUT2D eigenvalue weighted by molar-refractivity contribution is 5.86. The summed E-state index contributed by atoms with van der Waals surface area (Å²) in [4.78, 5) is 10.8. The molecule has 96 valence electrons. The van der Waals surface area contributed by atoms with E-state index in [1.807, 2.05) is 18.2 Å². The van der Waals surface area contributed by atoms with Crippen molar-refractivity contribution in [1.29, 1.82) is 0 Å². The van der Waals surface area contributed by atoms with Crippen molar-refractivity contribution in [2.24, 2.45) is 0 Å². The van der Waals surface area contributed by atoms with E-state index in [1.165, 1.54) is 5.56 Å². The average Bonchev–Trinajstić information content (AvgIpc) is 2.38. The Balaban J connectivity index is 2.27. The minimum atomic E-state index is -0.875. The number of carbonyl (C=O) groups is 1. The normalized spacial score (nSPS) is 11.2. The molecule has 1 rings (SSSR count). The first-order valence-corrected chi connectivity index (χ1v) is 6.02. The Morgan fingerprint density at radius 2 is 2.06 bits per heavy atom. The zero-order chi connectivity index (χ0) is 13.2. The topological polar surface area (TPSA) is 49.3 Å². The van der Waals surface area contributed by atoms with Gasteiger partial charge in [0, 0.05) is 12.1 Å². The van der Waals surface area contributed by atoms with E-state index in [0.717, 1.165) is 13.0 Å². The quantitative estimate of drug-likeness (QED) is 0.420. The maximum Gasteiger partial charge on any atom is 0.331 e. The number of benzene rings is 1. The van der Waals surface area contributed by atoms with Crippen molar-refractivity contribution in [3.8, 4) is 0 Å². The zero-order valence-corrected chi connectivity index (χ0v) is 10.4. The van der Waals surface area contributed by atoms with Crippen molar-refractivity contribution in [3.63, 3.8) is 0 Å². The Morgan fingerprint density at radius 3 is 2.67 bits per heavy atom. The second kappa shape index (κ2) is 8.25. The molecule has 1 aromatic rings. The van der Waals surface area contributed by atoms with E-state index < -0.39 is 5.97 Å². The highest BCUT2D eigenvalue weighted by Crippen LogP contribution is 2.01. The molecule has 0 radical (unpaired) electrons. The molecule has 0 heterocycles. The van der Waals surface area contributed by atoms with Crippen LogP contribution in [-0.4, -0.2) is 24.2 Å². The van der Waals surface area contributed by atoms with Gasteiger partial charge in [-0.15, -0.1) is 6.58 Å². The first-order valence-electron chi connectivity index (χ1n) is 6.02. The number of aliphatic carboxylic acids is 1. The van der Waals surface area contributed by atoms with Gasteiger partial charge in [-0.2, -0.15) is 0 Å². The van der Waals surface area contributed by atoms with Gasteiger partial charge in [0.15, 0.2) is 0 Å². The summed E-state index contributed by atoms with van der Waals surface area (Å²) in [6.07, 6.45) is 4.65. The number of nitrogens with one attached hydrogen (secondary N) is 1. The van der Waals surface area contributed by atoms with Gasteiger partial charge in [0.1, 0.15) is 0 Å². The molecular formula is C15H19NO2. The van der Waals surface area contributed by atoms with Crippen LogP contribution in [0.5, 0.6) is 0 Å². The van der Waals surface area contributed by atoms with Crippen LogP contribution in [-0.2, 0) is 11.2 Å². The van der Waals surface area contributed by atoms with Crippen LogP contribution in [0.4, 0.5) is 0 Å². The number of hydrogen-bond donors (Lipinski definition) is 2. The van der Waals surface area contributed by atoms with Crippen LogP contribution in [0.3, 0.4) is 0 Å². The van der Waals surface area contributed by atoms with Crippen LogP contribution in [0.2, 0.25) is 0 Å². The summed E-state index contributed by atoms with van der Waals surface area (Å²) in [7, 11) is 0. The predicted octanol–water partition coefficient (Wildman–Crippen LogP) is 2.41. The summed E-state index contributed by atoms with van der Waals surface area (Å²) in [5.41, 5.74) is 1.66. The van der Waals surface area contributed by atoms with Gasteiger partial charge in [-0.3, -0.25) is 0 Å². The van der Waals surface area contributed by atoms with Crippen molar-refractivity contribution in [3.05, 3.63) is 60.2 Å². The molecule has 0 bridgehead atoms. The third-order valence-corrected chi connectivity index (χ3v) is 2.57. The SMILES string of the molecule is C=CCC(=CCNCCc1ccccc1)C(=O)O. The number of hydrogen-bond acceptors (Lipinski definition) is 2. The van der Waals surface area contributed by atoms with Crippen LogP contribution in [0.15, 0.2) is 54.6 Å². The number of carboxylic acids is 1. The lowest BCUT2D eigenvalue weighted by molar-refractivity contribution is -0.132. The molecule has 1 aromatic carbocycles. The zero-order valence-electron chi connectivity index (χ0n) is 10.4. The van der Waals surface area contributed by atoms with E-state index in [1.54, 1.807) is 12.2 Å². The summed E-state index contributed by atoms with van der Waals surface area (Å²) < 4.78 is 0. The Labute approximate surface area is 108 Å². The first kappa shape index (κ1) is 14.2. The fourth-order valence-electron chi connectivity index (χ4n) is 1.59. The molecule has 0 aliphatic heterocycles. The molecule has 0 amide bonds. The molecule has 0 aliphatic rings. The van der Waals surface area contributed by atoms with Gasteiger partial charge in [0.05, 0.1) is 0 Å². The molecule has 3 nitrogen and oxygen atoms in total. The molecule has 18 heavy (non-hydrogen) atoms. The third kappa shape index (κ3) is 5.46. The van der Waals surface area contributed by atoms with Gasteiger partial charge in [-0.25, -0.2) is 4.79 Å². The Hall–Kier alpha value is -1.87. The molecule has 0 atom stereocenters. The molecule has 0 saturated heterocycles. The minimum absolute atomic E-state index is 0.386. The second-order valence-electron chi connectivity index (χ2n) is 3.97. The van der Waals surface area contributed by atoms with Gasteiger partial charge in [-0.05, 0) is 24.9 Å². The summed E-state index contributed by atoms with van der Waals surface area (Å²) in [6.45, 7) is 4.95. The summed E-state index contributed by atoms with van der Waals surface area (Å²) >= 11 is 0. The molecule has 3 heteroatoms. The highest BCUT2D eigenvalue weighted by Gasteiger charge is 2.03. The molecule has 0 fully saturated rings. The predicted molar refractivity (Wildman–Crippen MR) is 73.5 cm³/mol. The van der Waals surface area contributed by atoms with E-state index in [0.29, 0.717) is 18.5 Å². The van der Waals surface area contributed by atoms with Crippen molar-refractivity contribution >= 4 is 5.97 Å². The first-order chi connectivity index (χ1) is 8.74. The maximum absolute atomic E-state index is 10.8. The lowest BCUT2D eigenvalue weighted by Crippen LogP contribution is -2.18. The molecule has 0 aromatic heterocycles. The molecule has 0 spiro atoms. The summed E-state index contributed by atoms with van der Waals surface area (Å²) in [6, 6.07) is 10.2. The van der Waals surface area contributed by atoms with Crippen LogP contribution in [0, 0.1) is 0 Å². The summed E-state index contributed by atoms with van der Waals surface area (Å²) in [5, 5.41) is 12.1. The van der Waals surface area contributed by atoms with E-state index in [-0.39, 0.29) is 0 Å². The van der Waals surface area contributed by atoms with Crippen molar-refractivity contribution < 1.29 is 9.90 Å². The molecule has 0 unspecified atom stereocenters. The lowest BCUT2D eigenvalue weighted by Gasteiger charge is -2.03. The van der Waals surface area contributed by atoms with Gasteiger partial charge >= 0.3 is 5.97 Å². The fourth-order valence-corrected chi connectivity index (χ4v) is 1.59. The van der Waals surface area contributed by atoms with Gasteiger partial charge in [0.2, 0.25) is 0 Å². The van der Waals surface area contributed by atoms with Gasteiger partial charge in [0.25, 0.3) is 0 Å². The van der Waals surface area contributed by atoms with Gasteiger partial charge < -0.3 is 10.4 Å². The van der Waals surface area contributed by atoms with Crippen LogP contribution in [0.25, 0.3) is 0 Å². The average molecular weight is 245 g/mol. The number of carboxylic acid groups (broad SMARTS) is 1. The van der Waals surface area contributed by atoms with E-state index in [2.05, 4.69) is 24.0 Å². The molecular weight excluding hydrogens is 226 g/mol. The third-order valence-electron chi connectivity index (χ3n) is 2.57. The number of rotatable bonds is 8. The van der Waals surface area contributed by atoms with Crippen molar-refractivity contribution in [2.45, 2.75) is 12.8 Å². The summed E-state index contributed by atoms with van der Waals surface area (Å²) in [5.74, 6) is -0.875. The Bertz CT molecular complexity index is 410. The monoisotopic (exact) mass is 245 g/mol. The fraction of sp³-hybridized carbons (Fsp3) is 0.267. The molecule has 2 N–H and O–H groups in total. The largest absolute Gasteiger partial charge is 0.478 e. The molecule has 0 aliphatic carbocycles. The standard InChI is InChI=1S/C15H19NO2/c1-2-6-14(15(17)18)10-12-16-11-9-13-7-4-3-5-8-13/h2-5,7-8,10,16H,1,6,9,11-12H2,(H,17,18). The van der Waals surface area contributed by atoms with Crippen LogP contribution >= 0.6 is 0 Å². The van der Waals surface area contributed by atoms with Crippen molar-refractivity contribution in [2.75, 3.05) is 13.1 Å². The maximum atomic E-state index is 10.8. The van der Waals surface area contributed by atoms with E-state index in [9.17, 15) is 4.79 Å². The Morgan fingerprint density at radius 1 is 1.33 bits per heavy atom. The van der Waals surface area contributed by atoms with E-state index in [4.69, 9.17) is 5.11 Å². The Kier molecular flexibility index (Phi) is 6.51. The van der Waals surface area contributed by atoms with Gasteiger partial charge in [-0.1, -0.05) is 42.5 Å². The van der Waals surface area contributed by atoms with Crippen molar-refractivity contribution in [1.82, 2.24) is 5.32 Å². The van der Waals surface area contributed by atoms with E-state index >= 15 is 0 Å². The van der Waals surface area contributed by atoms with Crippen LogP contribution < -0.4 is 5.32 Å². The van der Waals surface area contributed by atoms with Crippen LogP contribution in [0.1, 0.15) is 12.0 Å². The molecule has 0 saturated carbocycles. The number of allylic oxidation sites excluding steroid dienone is 1. The lowest BCUT2D eigenvalue weighted by atomic mass is 10.1. The highest BCUT2D eigenvalue weighted by atomic mass is 16.4.